The Morgan fingerprint density at radius 1 is 1.05 bits per heavy atom. The lowest BCUT2D eigenvalue weighted by molar-refractivity contribution is 0.590. The number of nitrogens with zero attached hydrogens (tertiary/aromatic N) is 1. The van der Waals surface area contributed by atoms with E-state index in [0.717, 1.165) is 9.37 Å². The Labute approximate surface area is 133 Å². The Bertz CT molecular complexity index is 648. The van der Waals surface area contributed by atoms with Crippen molar-refractivity contribution in [3.05, 3.63) is 58.1 Å². The third-order valence-electron chi connectivity index (χ3n) is 3.01. The summed E-state index contributed by atoms with van der Waals surface area (Å²) < 4.78 is 0.960. The maximum Gasteiger partial charge on any atom is 0.0992 e. The zero-order valence-corrected chi connectivity index (χ0v) is 14.2. The summed E-state index contributed by atoms with van der Waals surface area (Å²) in [5.41, 5.74) is 2.18. The average molecular weight is 346 g/mol. The summed E-state index contributed by atoms with van der Waals surface area (Å²) in [6.45, 7) is 6.64. The van der Waals surface area contributed by atoms with Crippen LogP contribution in [-0.4, -0.2) is 0 Å². The van der Waals surface area contributed by atoms with Gasteiger partial charge in [-0.3, -0.25) is 0 Å². The van der Waals surface area contributed by atoms with E-state index in [0.29, 0.717) is 5.56 Å². The molecule has 0 aliphatic heterocycles. The van der Waals surface area contributed by atoms with Crippen molar-refractivity contribution in [2.24, 2.45) is 0 Å². The monoisotopic (exact) mass is 345 g/mol. The van der Waals surface area contributed by atoms with Crippen molar-refractivity contribution in [2.45, 2.75) is 36.0 Å². The van der Waals surface area contributed by atoms with Gasteiger partial charge in [0, 0.05) is 14.3 Å². The third kappa shape index (κ3) is 3.65. The first kappa shape index (κ1) is 15.2. The molecule has 2 aromatic rings. The first-order valence-electron chi connectivity index (χ1n) is 6.38. The quantitative estimate of drug-likeness (QED) is 0.689. The van der Waals surface area contributed by atoms with Crippen molar-refractivity contribution in [1.82, 2.24) is 0 Å². The number of nitriles is 1. The van der Waals surface area contributed by atoms with Crippen molar-refractivity contribution >= 4 is 27.7 Å². The summed E-state index contributed by atoms with van der Waals surface area (Å²) >= 11 is 5.22. The van der Waals surface area contributed by atoms with Crippen LogP contribution in [-0.2, 0) is 5.41 Å². The minimum Gasteiger partial charge on any atom is -0.192 e. The van der Waals surface area contributed by atoms with Crippen LogP contribution in [0.2, 0.25) is 0 Å². The minimum absolute atomic E-state index is 0.179. The smallest absolute Gasteiger partial charge is 0.0992 e. The molecule has 2 rings (SSSR count). The van der Waals surface area contributed by atoms with Crippen LogP contribution in [0.15, 0.2) is 56.7 Å². The van der Waals surface area contributed by atoms with E-state index in [1.165, 1.54) is 10.5 Å². The van der Waals surface area contributed by atoms with Crippen molar-refractivity contribution in [3.63, 3.8) is 0 Å². The maximum atomic E-state index is 8.87. The van der Waals surface area contributed by atoms with Crippen LogP contribution >= 0.6 is 27.7 Å². The molecule has 20 heavy (non-hydrogen) atoms. The second-order valence-electron chi connectivity index (χ2n) is 5.63. The molecular weight excluding hydrogens is 330 g/mol. The first-order chi connectivity index (χ1) is 9.40. The molecule has 0 atom stereocenters. The van der Waals surface area contributed by atoms with Crippen LogP contribution in [0.3, 0.4) is 0 Å². The van der Waals surface area contributed by atoms with Gasteiger partial charge >= 0.3 is 0 Å². The molecule has 0 aliphatic rings. The normalized spacial score (nSPS) is 11.2. The van der Waals surface area contributed by atoms with Gasteiger partial charge in [-0.05, 0) is 57.2 Å². The van der Waals surface area contributed by atoms with Crippen molar-refractivity contribution in [1.29, 1.82) is 5.26 Å². The highest BCUT2D eigenvalue weighted by atomic mass is 79.9. The van der Waals surface area contributed by atoms with Gasteiger partial charge in [0.25, 0.3) is 0 Å². The molecule has 0 amide bonds. The lowest BCUT2D eigenvalue weighted by atomic mass is 9.87. The van der Waals surface area contributed by atoms with Gasteiger partial charge in [0.05, 0.1) is 11.6 Å². The van der Waals surface area contributed by atoms with E-state index in [4.69, 9.17) is 5.26 Å². The minimum atomic E-state index is 0.179. The molecular formula is C17H16BrNS. The summed E-state index contributed by atoms with van der Waals surface area (Å²) in [5.74, 6) is 0. The van der Waals surface area contributed by atoms with E-state index in [9.17, 15) is 0 Å². The molecule has 0 aromatic heterocycles. The second kappa shape index (κ2) is 6.03. The summed E-state index contributed by atoms with van der Waals surface area (Å²) in [6.07, 6.45) is 0. The summed E-state index contributed by atoms with van der Waals surface area (Å²) in [6, 6.07) is 16.5. The Balaban J connectivity index is 2.21. The molecule has 0 N–H and O–H groups in total. The van der Waals surface area contributed by atoms with E-state index in [1.807, 2.05) is 18.2 Å². The van der Waals surface area contributed by atoms with Crippen molar-refractivity contribution < 1.29 is 0 Å². The molecule has 0 fully saturated rings. The fraction of sp³-hybridized carbons (Fsp3) is 0.235. The van der Waals surface area contributed by atoms with Gasteiger partial charge in [-0.15, -0.1) is 0 Å². The standard InChI is InChI=1S/C17H16BrNS/c1-17(2,3)13-5-7-14(8-6-13)20-16-9-4-12(11-19)10-15(16)18/h4-10H,1-3H3. The van der Waals surface area contributed by atoms with E-state index in [-0.39, 0.29) is 5.41 Å². The zero-order chi connectivity index (χ0) is 14.8. The van der Waals surface area contributed by atoms with E-state index in [2.05, 4.69) is 67.0 Å². The lowest BCUT2D eigenvalue weighted by Gasteiger charge is -2.19. The van der Waals surface area contributed by atoms with Crippen molar-refractivity contribution in [2.75, 3.05) is 0 Å². The lowest BCUT2D eigenvalue weighted by Crippen LogP contribution is -2.10. The van der Waals surface area contributed by atoms with Gasteiger partial charge in [0.1, 0.15) is 0 Å². The number of hydrogen-bond acceptors (Lipinski definition) is 2. The van der Waals surface area contributed by atoms with Crippen LogP contribution in [0.25, 0.3) is 0 Å². The van der Waals surface area contributed by atoms with E-state index < -0.39 is 0 Å². The fourth-order valence-electron chi connectivity index (χ4n) is 1.80. The Morgan fingerprint density at radius 2 is 1.70 bits per heavy atom. The van der Waals surface area contributed by atoms with Crippen molar-refractivity contribution in [3.8, 4) is 6.07 Å². The first-order valence-corrected chi connectivity index (χ1v) is 7.99. The highest BCUT2D eigenvalue weighted by molar-refractivity contribution is 9.10. The molecule has 0 saturated heterocycles. The van der Waals surface area contributed by atoms with Gasteiger partial charge in [0.2, 0.25) is 0 Å². The SMILES string of the molecule is CC(C)(C)c1ccc(Sc2ccc(C#N)cc2Br)cc1. The molecule has 0 saturated carbocycles. The molecule has 0 bridgehead atoms. The Morgan fingerprint density at radius 3 is 2.20 bits per heavy atom. The van der Waals surface area contributed by atoms with Crippen LogP contribution in [0.1, 0.15) is 31.9 Å². The van der Waals surface area contributed by atoms with Crippen LogP contribution in [0, 0.1) is 11.3 Å². The largest absolute Gasteiger partial charge is 0.192 e. The van der Waals surface area contributed by atoms with Crippen LogP contribution in [0.4, 0.5) is 0 Å². The molecule has 3 heteroatoms. The molecule has 0 heterocycles. The van der Waals surface area contributed by atoms with E-state index in [1.54, 1.807) is 11.8 Å². The Hall–Kier alpha value is -1.24. The summed E-state index contributed by atoms with van der Waals surface area (Å²) in [4.78, 5) is 2.32. The summed E-state index contributed by atoms with van der Waals surface area (Å²) in [5, 5.41) is 8.87. The average Bonchev–Trinajstić information content (AvgIpc) is 2.40. The molecule has 102 valence electrons. The van der Waals surface area contributed by atoms with Gasteiger partial charge in [-0.25, -0.2) is 0 Å². The van der Waals surface area contributed by atoms with E-state index >= 15 is 0 Å². The molecule has 1 nitrogen and oxygen atoms in total. The Kier molecular flexibility index (Phi) is 4.57. The highest BCUT2D eigenvalue weighted by Gasteiger charge is 2.13. The topological polar surface area (TPSA) is 23.8 Å². The molecule has 0 aliphatic carbocycles. The van der Waals surface area contributed by atoms with Gasteiger partial charge in [0.15, 0.2) is 0 Å². The molecule has 2 aromatic carbocycles. The van der Waals surface area contributed by atoms with Gasteiger partial charge in [-0.2, -0.15) is 5.26 Å². The summed E-state index contributed by atoms with van der Waals surface area (Å²) in [7, 11) is 0. The van der Waals surface area contributed by atoms with Crippen LogP contribution < -0.4 is 0 Å². The second-order valence-corrected chi connectivity index (χ2v) is 7.60. The van der Waals surface area contributed by atoms with Crippen LogP contribution in [0.5, 0.6) is 0 Å². The number of halogens is 1. The number of rotatable bonds is 2. The highest BCUT2D eigenvalue weighted by Crippen LogP contribution is 2.35. The maximum absolute atomic E-state index is 8.87. The molecule has 0 spiro atoms. The molecule has 0 radical (unpaired) electrons. The number of hydrogen-bond donors (Lipinski definition) is 0. The number of benzene rings is 2. The predicted molar refractivity (Wildman–Crippen MR) is 88.1 cm³/mol. The van der Waals surface area contributed by atoms with Gasteiger partial charge in [-0.1, -0.05) is 44.7 Å². The zero-order valence-electron chi connectivity index (χ0n) is 11.8. The molecule has 0 unspecified atom stereocenters. The third-order valence-corrected chi connectivity index (χ3v) is 5.01. The fourth-order valence-corrected chi connectivity index (χ4v) is 3.24. The predicted octanol–water partition coefficient (Wildman–Crippen LogP) is 5.77. The van der Waals surface area contributed by atoms with Gasteiger partial charge < -0.3 is 0 Å².